The van der Waals surface area contributed by atoms with Gasteiger partial charge in [0.2, 0.25) is 0 Å². The lowest BCUT2D eigenvalue weighted by Crippen LogP contribution is -2.38. The monoisotopic (exact) mass is 541 g/mol. The Labute approximate surface area is 198 Å². The van der Waals surface area contributed by atoms with E-state index in [-0.39, 0.29) is 24.0 Å². The summed E-state index contributed by atoms with van der Waals surface area (Å²) >= 11 is 7.50. The molecule has 0 aliphatic heterocycles. The van der Waals surface area contributed by atoms with Crippen molar-refractivity contribution in [3.05, 3.63) is 70.5 Å². The van der Waals surface area contributed by atoms with Crippen LogP contribution in [-0.2, 0) is 12.8 Å². The smallest absolute Gasteiger partial charge is 0.191 e. The first-order chi connectivity index (χ1) is 13.7. The average Bonchev–Trinajstić information content (AvgIpc) is 3.19. The summed E-state index contributed by atoms with van der Waals surface area (Å²) in [6, 6.07) is 14.1. The maximum atomic E-state index is 5.82. The number of nitrogens with zero attached hydrogens (tertiary/aromatic N) is 3. The van der Waals surface area contributed by atoms with Gasteiger partial charge in [0, 0.05) is 43.2 Å². The Hall–Kier alpha value is -1.71. The van der Waals surface area contributed by atoms with Crippen LogP contribution in [0.1, 0.15) is 18.2 Å². The molecule has 0 radical (unpaired) electrons. The topological polar surface area (TPSA) is 62.2 Å². The third-order valence-corrected chi connectivity index (χ3v) is 5.21. The van der Waals surface area contributed by atoms with E-state index >= 15 is 0 Å². The van der Waals surface area contributed by atoms with Gasteiger partial charge in [-0.25, -0.2) is 9.97 Å². The van der Waals surface area contributed by atoms with Gasteiger partial charge in [0.25, 0.3) is 0 Å². The van der Waals surface area contributed by atoms with Crippen molar-refractivity contribution in [3.8, 4) is 10.6 Å². The molecule has 0 aliphatic carbocycles. The maximum absolute atomic E-state index is 5.82. The van der Waals surface area contributed by atoms with Crippen LogP contribution in [0.15, 0.2) is 59.0 Å². The Balaban J connectivity index is 0.00000300. The highest BCUT2D eigenvalue weighted by Gasteiger charge is 2.04. The van der Waals surface area contributed by atoms with Gasteiger partial charge in [-0.15, -0.1) is 35.3 Å². The molecule has 5 nitrogen and oxygen atoms in total. The Morgan fingerprint density at radius 3 is 2.66 bits per heavy atom. The largest absolute Gasteiger partial charge is 0.357 e. The van der Waals surface area contributed by atoms with Gasteiger partial charge in [-0.3, -0.25) is 4.99 Å². The van der Waals surface area contributed by atoms with E-state index in [1.54, 1.807) is 17.5 Å². The van der Waals surface area contributed by atoms with Crippen molar-refractivity contribution >= 4 is 52.9 Å². The number of rotatable bonds is 8. The van der Waals surface area contributed by atoms with E-state index in [0.29, 0.717) is 11.7 Å². The molecule has 3 rings (SSSR count). The SMILES string of the molecule is CCNC(=NCCc1csc(-c2ccccc2)n1)NCCc1ccc(Cl)nc1.I. The van der Waals surface area contributed by atoms with E-state index in [0.717, 1.165) is 53.7 Å². The molecule has 0 saturated carbocycles. The molecule has 0 saturated heterocycles. The first-order valence-corrected chi connectivity index (χ1v) is 10.6. The third-order valence-electron chi connectivity index (χ3n) is 4.05. The molecule has 2 aromatic heterocycles. The molecule has 0 fully saturated rings. The van der Waals surface area contributed by atoms with Crippen LogP contribution in [-0.4, -0.2) is 35.6 Å². The maximum Gasteiger partial charge on any atom is 0.191 e. The van der Waals surface area contributed by atoms with Gasteiger partial charge in [-0.05, 0) is 25.0 Å². The lowest BCUT2D eigenvalue weighted by atomic mass is 10.2. The number of benzene rings is 1. The van der Waals surface area contributed by atoms with Crippen molar-refractivity contribution in [1.82, 2.24) is 20.6 Å². The molecule has 0 amide bonds. The number of halogens is 2. The van der Waals surface area contributed by atoms with Crippen LogP contribution >= 0.6 is 46.9 Å². The lowest BCUT2D eigenvalue weighted by molar-refractivity contribution is 0.793. The molecule has 29 heavy (non-hydrogen) atoms. The number of hydrogen-bond donors (Lipinski definition) is 2. The number of aliphatic imine (C=N–C) groups is 1. The second kappa shape index (κ2) is 12.8. The molecule has 0 bridgehead atoms. The van der Waals surface area contributed by atoms with Crippen molar-refractivity contribution < 1.29 is 0 Å². The highest BCUT2D eigenvalue weighted by Crippen LogP contribution is 2.23. The van der Waals surface area contributed by atoms with Crippen LogP contribution in [0, 0.1) is 0 Å². The number of thiazole rings is 1. The van der Waals surface area contributed by atoms with Crippen LogP contribution in [0.3, 0.4) is 0 Å². The summed E-state index contributed by atoms with van der Waals surface area (Å²) in [7, 11) is 0. The van der Waals surface area contributed by atoms with Gasteiger partial charge < -0.3 is 10.6 Å². The second-order valence-corrected chi connectivity index (χ2v) is 7.43. The first-order valence-electron chi connectivity index (χ1n) is 9.37. The highest BCUT2D eigenvalue weighted by molar-refractivity contribution is 14.0. The van der Waals surface area contributed by atoms with Crippen molar-refractivity contribution in [2.45, 2.75) is 19.8 Å². The van der Waals surface area contributed by atoms with Gasteiger partial charge in [0.1, 0.15) is 10.2 Å². The summed E-state index contributed by atoms with van der Waals surface area (Å²) in [5.41, 5.74) is 3.38. The van der Waals surface area contributed by atoms with E-state index in [1.807, 2.05) is 30.3 Å². The minimum atomic E-state index is 0. The fraction of sp³-hybridized carbons (Fsp3) is 0.286. The quantitative estimate of drug-likeness (QED) is 0.186. The standard InChI is InChI=1S/C21H24ClN5S.HI/c1-2-23-21(24-12-10-16-8-9-19(22)26-14-16)25-13-11-18-15-28-20(27-18)17-6-4-3-5-7-17;/h3-9,14-15H,2,10-13H2,1H3,(H2,23,24,25);1H. The zero-order chi connectivity index (χ0) is 19.6. The van der Waals surface area contributed by atoms with Gasteiger partial charge in [0.15, 0.2) is 5.96 Å². The summed E-state index contributed by atoms with van der Waals surface area (Å²) in [6.07, 6.45) is 3.49. The summed E-state index contributed by atoms with van der Waals surface area (Å²) in [5.74, 6) is 0.822. The molecule has 0 unspecified atom stereocenters. The van der Waals surface area contributed by atoms with Crippen molar-refractivity contribution in [3.63, 3.8) is 0 Å². The zero-order valence-electron chi connectivity index (χ0n) is 16.3. The summed E-state index contributed by atoms with van der Waals surface area (Å²) < 4.78 is 0. The van der Waals surface area contributed by atoms with Crippen LogP contribution in [0.4, 0.5) is 0 Å². The van der Waals surface area contributed by atoms with Crippen LogP contribution in [0.2, 0.25) is 5.15 Å². The summed E-state index contributed by atoms with van der Waals surface area (Å²) in [4.78, 5) is 13.5. The molecule has 8 heteroatoms. The van der Waals surface area contributed by atoms with Gasteiger partial charge >= 0.3 is 0 Å². The van der Waals surface area contributed by atoms with Gasteiger partial charge in [0.05, 0.1) is 5.69 Å². The lowest BCUT2D eigenvalue weighted by Gasteiger charge is -2.11. The normalized spacial score (nSPS) is 11.0. The zero-order valence-corrected chi connectivity index (χ0v) is 20.2. The molecule has 2 N–H and O–H groups in total. The molecule has 154 valence electrons. The number of guanidine groups is 1. The van der Waals surface area contributed by atoms with E-state index in [4.69, 9.17) is 16.6 Å². The fourth-order valence-corrected chi connectivity index (χ4v) is 3.61. The Kier molecular flexibility index (Phi) is 10.4. The first kappa shape index (κ1) is 23.6. The van der Waals surface area contributed by atoms with Crippen LogP contribution in [0.25, 0.3) is 10.6 Å². The molecule has 0 atom stereocenters. The molecule has 2 heterocycles. The van der Waals surface area contributed by atoms with Crippen LogP contribution < -0.4 is 10.6 Å². The minimum absolute atomic E-state index is 0. The van der Waals surface area contributed by atoms with Crippen LogP contribution in [0.5, 0.6) is 0 Å². The molecular weight excluding hydrogens is 517 g/mol. The molecule has 3 aromatic rings. The predicted molar refractivity (Wildman–Crippen MR) is 134 cm³/mol. The predicted octanol–water partition coefficient (Wildman–Crippen LogP) is 4.82. The number of hydrogen-bond acceptors (Lipinski definition) is 4. The van der Waals surface area contributed by atoms with E-state index < -0.39 is 0 Å². The number of aromatic nitrogens is 2. The average molecular weight is 542 g/mol. The van der Waals surface area contributed by atoms with E-state index in [2.05, 4.69) is 45.0 Å². The van der Waals surface area contributed by atoms with Crippen molar-refractivity contribution in [2.24, 2.45) is 4.99 Å². The highest BCUT2D eigenvalue weighted by atomic mass is 127. The van der Waals surface area contributed by atoms with E-state index in [9.17, 15) is 0 Å². The Morgan fingerprint density at radius 1 is 1.10 bits per heavy atom. The van der Waals surface area contributed by atoms with Gasteiger partial charge in [-0.2, -0.15) is 0 Å². The fourth-order valence-electron chi connectivity index (χ4n) is 2.64. The number of nitrogens with one attached hydrogen (secondary N) is 2. The third kappa shape index (κ3) is 7.91. The number of pyridine rings is 1. The van der Waals surface area contributed by atoms with Crippen molar-refractivity contribution in [2.75, 3.05) is 19.6 Å². The molecular formula is C21H25ClIN5S. The summed E-state index contributed by atoms with van der Waals surface area (Å²) in [5, 5.41) is 10.3. The second-order valence-electron chi connectivity index (χ2n) is 6.19. The summed E-state index contributed by atoms with van der Waals surface area (Å²) in [6.45, 7) is 4.36. The van der Waals surface area contributed by atoms with E-state index in [1.165, 1.54) is 0 Å². The minimum Gasteiger partial charge on any atom is -0.357 e. The molecule has 0 spiro atoms. The Bertz CT molecular complexity index is 884. The van der Waals surface area contributed by atoms with Crippen molar-refractivity contribution in [1.29, 1.82) is 0 Å². The molecule has 1 aromatic carbocycles. The van der Waals surface area contributed by atoms with Gasteiger partial charge in [-0.1, -0.05) is 48.0 Å². The molecule has 0 aliphatic rings. The Morgan fingerprint density at radius 2 is 1.93 bits per heavy atom.